The lowest BCUT2D eigenvalue weighted by atomic mass is 10.1. The van der Waals surface area contributed by atoms with Crippen molar-refractivity contribution in [3.63, 3.8) is 0 Å². The van der Waals surface area contributed by atoms with Crippen LogP contribution >= 0.6 is 0 Å². The van der Waals surface area contributed by atoms with Crippen LogP contribution in [0.25, 0.3) is 0 Å². The first-order chi connectivity index (χ1) is 11.4. The van der Waals surface area contributed by atoms with Crippen molar-refractivity contribution in [3.05, 3.63) is 47.0 Å². The average molecular weight is 334 g/mol. The number of hydrogen-bond donors (Lipinski definition) is 2. The molecule has 130 valence electrons. The van der Waals surface area contributed by atoms with Gasteiger partial charge in [0.2, 0.25) is 0 Å². The largest absolute Gasteiger partial charge is 0.491 e. The molecular formula is C17H23FN4O2. The number of benzene rings is 1. The summed E-state index contributed by atoms with van der Waals surface area (Å²) in [5.41, 5.74) is 7.51. The van der Waals surface area contributed by atoms with E-state index < -0.39 is 11.7 Å². The Morgan fingerprint density at radius 3 is 2.79 bits per heavy atom. The van der Waals surface area contributed by atoms with Crippen molar-refractivity contribution >= 4 is 5.91 Å². The highest BCUT2D eigenvalue weighted by Crippen LogP contribution is 2.20. The molecule has 1 aromatic carbocycles. The number of nitrogens with zero attached hydrogens (tertiary/aromatic N) is 2. The van der Waals surface area contributed by atoms with Gasteiger partial charge in [0.25, 0.3) is 5.91 Å². The minimum absolute atomic E-state index is 0.156. The number of rotatable bonds is 7. The van der Waals surface area contributed by atoms with E-state index in [4.69, 9.17) is 10.5 Å². The van der Waals surface area contributed by atoms with Crippen LogP contribution < -0.4 is 15.8 Å². The van der Waals surface area contributed by atoms with Gasteiger partial charge in [-0.15, -0.1) is 0 Å². The normalized spacial score (nSPS) is 12.0. The molecule has 7 heteroatoms. The molecule has 0 saturated carbocycles. The van der Waals surface area contributed by atoms with Crippen LogP contribution in [0.3, 0.4) is 0 Å². The highest BCUT2D eigenvalue weighted by Gasteiger charge is 2.17. The summed E-state index contributed by atoms with van der Waals surface area (Å²) < 4.78 is 20.7. The summed E-state index contributed by atoms with van der Waals surface area (Å²) in [6, 6.07) is 5.64. The molecule has 0 radical (unpaired) electrons. The van der Waals surface area contributed by atoms with Crippen molar-refractivity contribution in [2.75, 3.05) is 13.2 Å². The van der Waals surface area contributed by atoms with Gasteiger partial charge in [-0.2, -0.15) is 5.10 Å². The summed E-state index contributed by atoms with van der Waals surface area (Å²) in [6.07, 6.45) is 0. The number of nitrogens with two attached hydrogens (primary N) is 1. The number of aromatic nitrogens is 2. The molecule has 2 aromatic rings. The van der Waals surface area contributed by atoms with E-state index in [1.807, 2.05) is 31.5 Å². The third-order valence-corrected chi connectivity index (χ3v) is 3.49. The molecule has 0 saturated heterocycles. The second-order valence-corrected chi connectivity index (χ2v) is 5.76. The lowest BCUT2D eigenvalue weighted by molar-refractivity contribution is 0.0931. The Kier molecular flexibility index (Phi) is 5.92. The van der Waals surface area contributed by atoms with Crippen LogP contribution in [0.1, 0.15) is 28.7 Å². The second-order valence-electron chi connectivity index (χ2n) is 5.76. The van der Waals surface area contributed by atoms with Gasteiger partial charge in [-0.1, -0.05) is 0 Å². The van der Waals surface area contributed by atoms with Crippen LogP contribution in [-0.4, -0.2) is 34.9 Å². The van der Waals surface area contributed by atoms with Crippen LogP contribution in [0.4, 0.5) is 4.39 Å². The molecule has 0 spiro atoms. The molecule has 0 aliphatic heterocycles. The zero-order valence-corrected chi connectivity index (χ0v) is 14.2. The lowest BCUT2D eigenvalue weighted by Crippen LogP contribution is -2.36. The van der Waals surface area contributed by atoms with Gasteiger partial charge in [0, 0.05) is 18.3 Å². The molecular weight excluding hydrogens is 311 g/mol. The lowest BCUT2D eigenvalue weighted by Gasteiger charge is -2.17. The van der Waals surface area contributed by atoms with Gasteiger partial charge in [-0.25, -0.2) is 4.39 Å². The minimum atomic E-state index is -0.494. The highest BCUT2D eigenvalue weighted by atomic mass is 19.1. The molecule has 1 amide bonds. The SMILES string of the molecule is Cc1cc(C)n(C[C@H](C)NC(=O)c2cc(F)ccc2OCCN)n1. The van der Waals surface area contributed by atoms with E-state index in [2.05, 4.69) is 10.4 Å². The summed E-state index contributed by atoms with van der Waals surface area (Å²) >= 11 is 0. The maximum absolute atomic E-state index is 13.5. The van der Waals surface area contributed by atoms with E-state index in [0.717, 1.165) is 17.5 Å². The Hall–Kier alpha value is -2.41. The van der Waals surface area contributed by atoms with Gasteiger partial charge in [0.15, 0.2) is 0 Å². The maximum Gasteiger partial charge on any atom is 0.255 e. The van der Waals surface area contributed by atoms with Gasteiger partial charge in [0.05, 0.1) is 17.8 Å². The third-order valence-electron chi connectivity index (χ3n) is 3.49. The summed E-state index contributed by atoms with van der Waals surface area (Å²) in [7, 11) is 0. The molecule has 0 aliphatic rings. The van der Waals surface area contributed by atoms with Crippen molar-refractivity contribution in [2.24, 2.45) is 5.73 Å². The molecule has 0 bridgehead atoms. The smallest absolute Gasteiger partial charge is 0.255 e. The van der Waals surface area contributed by atoms with Crippen LogP contribution in [0, 0.1) is 19.7 Å². The number of amides is 1. The van der Waals surface area contributed by atoms with E-state index in [1.54, 1.807) is 0 Å². The average Bonchev–Trinajstić information content (AvgIpc) is 2.83. The Morgan fingerprint density at radius 2 is 2.17 bits per heavy atom. The first kappa shape index (κ1) is 17.9. The summed E-state index contributed by atoms with van der Waals surface area (Å²) in [4.78, 5) is 12.5. The van der Waals surface area contributed by atoms with Crippen LogP contribution in [0.5, 0.6) is 5.75 Å². The maximum atomic E-state index is 13.5. The van der Waals surface area contributed by atoms with E-state index in [0.29, 0.717) is 18.8 Å². The molecule has 0 aliphatic carbocycles. The van der Waals surface area contributed by atoms with E-state index in [1.165, 1.54) is 12.1 Å². The Morgan fingerprint density at radius 1 is 1.42 bits per heavy atom. The number of carbonyl (C=O) groups excluding carboxylic acids is 1. The molecule has 1 atom stereocenters. The zero-order valence-electron chi connectivity index (χ0n) is 14.2. The van der Waals surface area contributed by atoms with Gasteiger partial charge in [0.1, 0.15) is 18.2 Å². The van der Waals surface area contributed by atoms with Crippen molar-refractivity contribution in [1.29, 1.82) is 0 Å². The molecule has 0 unspecified atom stereocenters. The molecule has 0 fully saturated rings. The van der Waals surface area contributed by atoms with E-state index in [-0.39, 0.29) is 18.2 Å². The summed E-state index contributed by atoms with van der Waals surface area (Å²) in [6.45, 7) is 6.84. The monoisotopic (exact) mass is 334 g/mol. The molecule has 24 heavy (non-hydrogen) atoms. The Labute approximate surface area is 140 Å². The standard InChI is InChI=1S/C17H23FN4O2/c1-11-8-13(3)22(21-11)10-12(2)20-17(23)15-9-14(18)4-5-16(15)24-7-6-19/h4-5,8-9,12H,6-7,10,19H2,1-3H3,(H,20,23)/t12-/m0/s1. The van der Waals surface area contributed by atoms with Gasteiger partial charge < -0.3 is 15.8 Å². The number of aryl methyl sites for hydroxylation is 2. The fraction of sp³-hybridized carbons (Fsp3) is 0.412. The van der Waals surface area contributed by atoms with Crippen molar-refractivity contribution in [1.82, 2.24) is 15.1 Å². The first-order valence-corrected chi connectivity index (χ1v) is 7.85. The number of nitrogens with one attached hydrogen (secondary N) is 1. The number of carbonyl (C=O) groups is 1. The van der Waals surface area contributed by atoms with Crippen LogP contribution in [-0.2, 0) is 6.54 Å². The zero-order chi connectivity index (χ0) is 17.7. The van der Waals surface area contributed by atoms with Crippen LogP contribution in [0.2, 0.25) is 0 Å². The summed E-state index contributed by atoms with van der Waals surface area (Å²) in [5.74, 6) is -0.570. The van der Waals surface area contributed by atoms with Crippen molar-refractivity contribution in [2.45, 2.75) is 33.4 Å². The Balaban J connectivity index is 2.08. The number of ether oxygens (including phenoxy) is 1. The third kappa shape index (κ3) is 4.55. The fourth-order valence-electron chi connectivity index (χ4n) is 2.44. The van der Waals surface area contributed by atoms with Gasteiger partial charge >= 0.3 is 0 Å². The quantitative estimate of drug-likeness (QED) is 0.809. The minimum Gasteiger partial charge on any atom is -0.491 e. The molecule has 2 rings (SSSR count). The predicted octanol–water partition coefficient (Wildman–Crippen LogP) is 1.80. The topological polar surface area (TPSA) is 82.2 Å². The van der Waals surface area contributed by atoms with Crippen molar-refractivity contribution in [3.8, 4) is 5.75 Å². The first-order valence-electron chi connectivity index (χ1n) is 7.85. The van der Waals surface area contributed by atoms with Gasteiger partial charge in [-0.3, -0.25) is 9.48 Å². The Bertz CT molecular complexity index is 715. The van der Waals surface area contributed by atoms with Gasteiger partial charge in [-0.05, 0) is 45.0 Å². The molecule has 1 aromatic heterocycles. The van der Waals surface area contributed by atoms with Crippen LogP contribution in [0.15, 0.2) is 24.3 Å². The predicted molar refractivity (Wildman–Crippen MR) is 89.6 cm³/mol. The second kappa shape index (κ2) is 7.92. The summed E-state index contributed by atoms with van der Waals surface area (Å²) in [5, 5.41) is 7.22. The number of halogens is 1. The molecule has 3 N–H and O–H groups in total. The molecule has 1 heterocycles. The molecule has 6 nitrogen and oxygen atoms in total. The van der Waals surface area contributed by atoms with Crippen molar-refractivity contribution < 1.29 is 13.9 Å². The number of hydrogen-bond acceptors (Lipinski definition) is 4. The highest BCUT2D eigenvalue weighted by molar-refractivity contribution is 5.97. The fourth-order valence-corrected chi connectivity index (χ4v) is 2.44. The van der Waals surface area contributed by atoms with E-state index >= 15 is 0 Å². The van der Waals surface area contributed by atoms with E-state index in [9.17, 15) is 9.18 Å².